The first-order valence-electron chi connectivity index (χ1n) is 8.04. The molecule has 1 aromatic rings. The number of aromatic nitrogens is 3. The smallest absolute Gasteiger partial charge is 0.339 e. The molecule has 0 aliphatic heterocycles. The van der Waals surface area contributed by atoms with Crippen LogP contribution < -0.4 is 5.32 Å². The Morgan fingerprint density at radius 3 is 2.72 bits per heavy atom. The van der Waals surface area contributed by atoms with Gasteiger partial charge >= 0.3 is 5.97 Å². The van der Waals surface area contributed by atoms with Crippen LogP contribution in [0.2, 0.25) is 0 Å². The van der Waals surface area contributed by atoms with E-state index in [1.165, 1.54) is 12.2 Å². The first kappa shape index (κ1) is 18.4. The molecular weight excluding hydrogens is 320 g/mol. The maximum absolute atomic E-state index is 11.6. The molecule has 2 unspecified atom stereocenters. The highest BCUT2D eigenvalue weighted by atomic mass is 16.4. The van der Waals surface area contributed by atoms with Crippen molar-refractivity contribution in [1.82, 2.24) is 20.1 Å². The second-order valence-electron chi connectivity index (χ2n) is 5.81. The quantitative estimate of drug-likeness (QED) is 0.608. The molecule has 2 atom stereocenters. The normalized spacial score (nSPS) is 20.1. The van der Waals surface area contributed by atoms with Gasteiger partial charge in [-0.05, 0) is 12.0 Å². The van der Waals surface area contributed by atoms with Gasteiger partial charge in [-0.3, -0.25) is 4.79 Å². The average molecular weight is 342 g/mol. The SMILES string of the molecule is C=C/C=C(/C(=O)O)c1nnc(C2=CC(C)C(NC(=O)CC)C=C2)n1C. The molecule has 2 N–H and O–H groups in total. The fourth-order valence-electron chi connectivity index (χ4n) is 2.62. The van der Waals surface area contributed by atoms with Crippen molar-refractivity contribution in [2.45, 2.75) is 26.3 Å². The Bertz CT molecular complexity index is 786. The number of allylic oxidation sites excluding steroid dienone is 4. The lowest BCUT2D eigenvalue weighted by molar-refractivity contribution is -0.130. The third-order valence-electron chi connectivity index (χ3n) is 4.03. The van der Waals surface area contributed by atoms with Crippen LogP contribution in [0.25, 0.3) is 11.1 Å². The number of hydrogen-bond acceptors (Lipinski definition) is 4. The molecule has 1 aromatic heterocycles. The highest BCUT2D eigenvalue weighted by Gasteiger charge is 2.23. The number of nitrogens with one attached hydrogen (secondary N) is 1. The zero-order valence-corrected chi connectivity index (χ0v) is 14.6. The molecule has 1 heterocycles. The third kappa shape index (κ3) is 3.93. The Hall–Kier alpha value is -2.96. The zero-order chi connectivity index (χ0) is 18.6. The first-order chi connectivity index (χ1) is 11.9. The van der Waals surface area contributed by atoms with Crippen molar-refractivity contribution in [2.75, 3.05) is 0 Å². The molecule has 1 aliphatic rings. The van der Waals surface area contributed by atoms with Crippen LogP contribution in [0.1, 0.15) is 31.9 Å². The van der Waals surface area contributed by atoms with E-state index in [9.17, 15) is 14.7 Å². The molecule has 2 rings (SSSR count). The average Bonchev–Trinajstić information content (AvgIpc) is 2.95. The highest BCUT2D eigenvalue weighted by Crippen LogP contribution is 2.25. The molecule has 7 heteroatoms. The van der Waals surface area contributed by atoms with Crippen LogP contribution in [-0.2, 0) is 16.6 Å². The number of carbonyl (C=O) groups is 2. The predicted octanol–water partition coefficient (Wildman–Crippen LogP) is 1.95. The van der Waals surface area contributed by atoms with Crippen LogP contribution in [0.15, 0.2) is 37.0 Å². The second-order valence-corrected chi connectivity index (χ2v) is 5.81. The van der Waals surface area contributed by atoms with Crippen molar-refractivity contribution in [1.29, 1.82) is 0 Å². The fraction of sp³-hybridized carbons (Fsp3) is 0.333. The van der Waals surface area contributed by atoms with E-state index in [-0.39, 0.29) is 29.3 Å². The number of carboxylic acids is 1. The van der Waals surface area contributed by atoms with Gasteiger partial charge in [0.05, 0.1) is 6.04 Å². The molecule has 0 fully saturated rings. The highest BCUT2D eigenvalue weighted by molar-refractivity contribution is 6.14. The van der Waals surface area contributed by atoms with Gasteiger partial charge in [-0.25, -0.2) is 4.79 Å². The Balaban J connectivity index is 2.30. The monoisotopic (exact) mass is 342 g/mol. The fourth-order valence-corrected chi connectivity index (χ4v) is 2.62. The molecule has 1 aliphatic carbocycles. The molecule has 1 amide bonds. The van der Waals surface area contributed by atoms with E-state index >= 15 is 0 Å². The van der Waals surface area contributed by atoms with E-state index < -0.39 is 5.97 Å². The van der Waals surface area contributed by atoms with Crippen molar-refractivity contribution < 1.29 is 14.7 Å². The molecule has 0 bridgehead atoms. The number of aliphatic carboxylic acids is 1. The van der Waals surface area contributed by atoms with Crippen molar-refractivity contribution in [3.63, 3.8) is 0 Å². The van der Waals surface area contributed by atoms with E-state index in [1.54, 1.807) is 11.6 Å². The summed E-state index contributed by atoms with van der Waals surface area (Å²) >= 11 is 0. The topological polar surface area (TPSA) is 97.1 Å². The van der Waals surface area contributed by atoms with Crippen LogP contribution in [0.4, 0.5) is 0 Å². The Labute approximate surface area is 146 Å². The van der Waals surface area contributed by atoms with Crippen molar-refractivity contribution in [3.05, 3.63) is 48.6 Å². The number of rotatable bonds is 6. The van der Waals surface area contributed by atoms with Crippen LogP contribution >= 0.6 is 0 Å². The first-order valence-corrected chi connectivity index (χ1v) is 8.04. The van der Waals surface area contributed by atoms with Crippen molar-refractivity contribution >= 4 is 23.0 Å². The maximum Gasteiger partial charge on any atom is 0.339 e. The summed E-state index contributed by atoms with van der Waals surface area (Å²) in [5, 5.41) is 20.4. The lowest BCUT2D eigenvalue weighted by Gasteiger charge is -2.23. The summed E-state index contributed by atoms with van der Waals surface area (Å²) in [5.74, 6) is -0.190. The molecule has 0 aromatic carbocycles. The van der Waals surface area contributed by atoms with Gasteiger partial charge in [0.25, 0.3) is 0 Å². The molecule has 0 saturated carbocycles. The van der Waals surface area contributed by atoms with Gasteiger partial charge in [0.1, 0.15) is 5.57 Å². The standard InChI is InChI=1S/C18H22N4O3/c1-5-7-13(18(24)25)17-21-20-16(22(17)4)12-8-9-14(11(3)10-12)19-15(23)6-2/h5,7-11,14H,1,6H2,2-4H3,(H,19,23)(H,24,25)/b13-7+. The third-order valence-corrected chi connectivity index (χ3v) is 4.03. The van der Waals surface area contributed by atoms with Gasteiger partial charge in [-0.1, -0.05) is 44.7 Å². The van der Waals surface area contributed by atoms with E-state index in [0.29, 0.717) is 12.2 Å². The van der Waals surface area contributed by atoms with Crippen LogP contribution in [0, 0.1) is 5.92 Å². The maximum atomic E-state index is 11.6. The summed E-state index contributed by atoms with van der Waals surface area (Å²) in [6, 6.07) is -0.0702. The number of nitrogens with zero attached hydrogens (tertiary/aromatic N) is 3. The number of carboxylic acid groups (broad SMARTS) is 1. The predicted molar refractivity (Wildman–Crippen MR) is 95.3 cm³/mol. The Morgan fingerprint density at radius 2 is 2.16 bits per heavy atom. The van der Waals surface area contributed by atoms with Crippen molar-refractivity contribution in [2.24, 2.45) is 13.0 Å². The van der Waals surface area contributed by atoms with Gasteiger partial charge < -0.3 is 15.0 Å². The number of hydrogen-bond donors (Lipinski definition) is 2. The lowest BCUT2D eigenvalue weighted by Crippen LogP contribution is -2.38. The summed E-state index contributed by atoms with van der Waals surface area (Å²) in [6.07, 6.45) is 9.01. The van der Waals surface area contributed by atoms with Gasteiger partial charge in [0.2, 0.25) is 5.91 Å². The summed E-state index contributed by atoms with van der Waals surface area (Å²) in [6.45, 7) is 7.34. The minimum Gasteiger partial charge on any atom is -0.478 e. The Kier molecular flexibility index (Phi) is 5.69. The van der Waals surface area contributed by atoms with Gasteiger partial charge in [-0.2, -0.15) is 0 Å². The molecule has 25 heavy (non-hydrogen) atoms. The van der Waals surface area contributed by atoms with Gasteiger partial charge in [0.15, 0.2) is 11.6 Å². The van der Waals surface area contributed by atoms with Gasteiger partial charge in [-0.15, -0.1) is 10.2 Å². The van der Waals surface area contributed by atoms with Crippen LogP contribution in [0.5, 0.6) is 0 Å². The van der Waals surface area contributed by atoms with Crippen molar-refractivity contribution in [3.8, 4) is 0 Å². The van der Waals surface area contributed by atoms with E-state index in [4.69, 9.17) is 0 Å². The number of amides is 1. The van der Waals surface area contributed by atoms with Crippen LogP contribution in [0.3, 0.4) is 0 Å². The molecule has 0 saturated heterocycles. The zero-order valence-electron chi connectivity index (χ0n) is 14.6. The largest absolute Gasteiger partial charge is 0.478 e. The summed E-state index contributed by atoms with van der Waals surface area (Å²) < 4.78 is 1.64. The minimum absolute atomic E-state index is 0.0000399. The molecule has 0 radical (unpaired) electrons. The molecular formula is C18H22N4O3. The Morgan fingerprint density at radius 1 is 1.44 bits per heavy atom. The second kappa shape index (κ2) is 7.74. The molecule has 7 nitrogen and oxygen atoms in total. The van der Waals surface area contributed by atoms with Gasteiger partial charge in [0, 0.05) is 19.0 Å². The molecule has 0 spiro atoms. The van der Waals surface area contributed by atoms with E-state index in [0.717, 1.165) is 5.57 Å². The lowest BCUT2D eigenvalue weighted by atomic mass is 9.92. The summed E-state index contributed by atoms with van der Waals surface area (Å²) in [4.78, 5) is 23.0. The minimum atomic E-state index is -1.09. The summed E-state index contributed by atoms with van der Waals surface area (Å²) in [5.41, 5.74) is 0.858. The van der Waals surface area contributed by atoms with Crippen LogP contribution in [-0.4, -0.2) is 37.8 Å². The van der Waals surface area contributed by atoms with E-state index in [1.807, 2.05) is 32.1 Å². The van der Waals surface area contributed by atoms with E-state index in [2.05, 4.69) is 22.1 Å². The molecule has 132 valence electrons. The summed E-state index contributed by atoms with van der Waals surface area (Å²) in [7, 11) is 1.72. The number of carbonyl (C=O) groups excluding carboxylic acids is 1.